The van der Waals surface area contributed by atoms with Gasteiger partial charge in [-0.15, -0.1) is 0 Å². The highest BCUT2D eigenvalue weighted by molar-refractivity contribution is 6.01. The standard InChI is InChI=1S/C21H21N3O4/c1-13-23-18-10-16(5-8-19(18)28-13)24-12-15(9-20(24)25)21(26)22-11-14-3-6-17(27-2)7-4-14/h3-8,10,15H,9,11-12H2,1-2H3,(H,22,26). The molecule has 28 heavy (non-hydrogen) atoms. The summed E-state index contributed by atoms with van der Waals surface area (Å²) in [7, 11) is 1.61. The third kappa shape index (κ3) is 3.55. The quantitative estimate of drug-likeness (QED) is 0.737. The molecule has 0 saturated carbocycles. The summed E-state index contributed by atoms with van der Waals surface area (Å²) >= 11 is 0. The van der Waals surface area contributed by atoms with E-state index in [4.69, 9.17) is 9.15 Å². The molecule has 1 fully saturated rings. The average Bonchev–Trinajstić information content (AvgIpc) is 3.27. The minimum atomic E-state index is -0.375. The zero-order chi connectivity index (χ0) is 19.7. The maximum Gasteiger partial charge on any atom is 0.227 e. The second-order valence-corrected chi connectivity index (χ2v) is 6.86. The number of carbonyl (C=O) groups is 2. The van der Waals surface area contributed by atoms with Crippen LogP contribution in [0.15, 0.2) is 46.9 Å². The number of aromatic nitrogens is 1. The van der Waals surface area contributed by atoms with E-state index in [9.17, 15) is 9.59 Å². The minimum Gasteiger partial charge on any atom is -0.497 e. The van der Waals surface area contributed by atoms with Crippen LogP contribution in [-0.4, -0.2) is 30.5 Å². The number of rotatable bonds is 5. The summed E-state index contributed by atoms with van der Waals surface area (Å²) in [5.74, 6) is 0.789. The topological polar surface area (TPSA) is 84.7 Å². The number of carbonyl (C=O) groups excluding carboxylic acids is 2. The molecule has 7 heteroatoms. The van der Waals surface area contributed by atoms with E-state index in [0.29, 0.717) is 30.1 Å². The highest BCUT2D eigenvalue weighted by atomic mass is 16.5. The van der Waals surface area contributed by atoms with Gasteiger partial charge < -0.3 is 19.4 Å². The Morgan fingerprint density at radius 1 is 1.29 bits per heavy atom. The lowest BCUT2D eigenvalue weighted by molar-refractivity contribution is -0.126. The molecule has 1 atom stereocenters. The largest absolute Gasteiger partial charge is 0.497 e. The molecule has 3 aromatic rings. The molecule has 0 bridgehead atoms. The van der Waals surface area contributed by atoms with Gasteiger partial charge in [0.2, 0.25) is 11.8 Å². The molecule has 4 rings (SSSR count). The van der Waals surface area contributed by atoms with Gasteiger partial charge in [0.1, 0.15) is 11.3 Å². The van der Waals surface area contributed by atoms with Crippen LogP contribution in [0.25, 0.3) is 11.1 Å². The fourth-order valence-corrected chi connectivity index (χ4v) is 3.41. The van der Waals surface area contributed by atoms with Crippen LogP contribution in [-0.2, 0) is 16.1 Å². The summed E-state index contributed by atoms with van der Waals surface area (Å²) in [6.07, 6.45) is 0.199. The number of methoxy groups -OCH3 is 1. The van der Waals surface area contributed by atoms with E-state index >= 15 is 0 Å². The van der Waals surface area contributed by atoms with Gasteiger partial charge in [-0.3, -0.25) is 9.59 Å². The number of hydrogen-bond donors (Lipinski definition) is 1. The van der Waals surface area contributed by atoms with Crippen LogP contribution in [0.2, 0.25) is 0 Å². The zero-order valence-electron chi connectivity index (χ0n) is 15.8. The predicted octanol–water partition coefficient (Wildman–Crippen LogP) is 2.81. The molecule has 1 saturated heterocycles. The van der Waals surface area contributed by atoms with Gasteiger partial charge in [0.15, 0.2) is 11.5 Å². The fourth-order valence-electron chi connectivity index (χ4n) is 3.41. The lowest BCUT2D eigenvalue weighted by atomic mass is 10.1. The van der Waals surface area contributed by atoms with Crippen LogP contribution < -0.4 is 15.0 Å². The molecule has 0 spiro atoms. The predicted molar refractivity (Wildman–Crippen MR) is 104 cm³/mol. The van der Waals surface area contributed by atoms with Crippen molar-refractivity contribution in [2.45, 2.75) is 19.9 Å². The van der Waals surface area contributed by atoms with Gasteiger partial charge in [-0.25, -0.2) is 4.98 Å². The molecule has 7 nitrogen and oxygen atoms in total. The minimum absolute atomic E-state index is 0.0656. The summed E-state index contributed by atoms with van der Waals surface area (Å²) in [6.45, 7) is 2.55. The van der Waals surface area contributed by atoms with Gasteiger partial charge in [-0.1, -0.05) is 12.1 Å². The smallest absolute Gasteiger partial charge is 0.227 e. The molecule has 1 unspecified atom stereocenters. The average molecular weight is 379 g/mol. The van der Waals surface area contributed by atoms with E-state index < -0.39 is 0 Å². The van der Waals surface area contributed by atoms with Crippen LogP contribution in [0.1, 0.15) is 17.9 Å². The second-order valence-electron chi connectivity index (χ2n) is 6.86. The Bertz CT molecular complexity index is 1030. The molecule has 1 aliphatic heterocycles. The van der Waals surface area contributed by atoms with Crippen molar-refractivity contribution in [2.24, 2.45) is 5.92 Å². The highest BCUT2D eigenvalue weighted by Crippen LogP contribution is 2.28. The number of nitrogens with zero attached hydrogens (tertiary/aromatic N) is 2. The van der Waals surface area contributed by atoms with Crippen molar-refractivity contribution in [1.29, 1.82) is 0 Å². The van der Waals surface area contributed by atoms with E-state index in [2.05, 4.69) is 10.3 Å². The second kappa shape index (κ2) is 7.34. The van der Waals surface area contributed by atoms with E-state index in [-0.39, 0.29) is 24.2 Å². The van der Waals surface area contributed by atoms with E-state index in [1.165, 1.54) is 0 Å². The number of oxazole rings is 1. The number of nitrogens with one attached hydrogen (secondary N) is 1. The van der Waals surface area contributed by atoms with Crippen molar-refractivity contribution < 1.29 is 18.7 Å². The third-order valence-corrected chi connectivity index (χ3v) is 4.91. The van der Waals surface area contributed by atoms with Crippen LogP contribution in [0, 0.1) is 12.8 Å². The summed E-state index contributed by atoms with van der Waals surface area (Å²) in [5.41, 5.74) is 3.09. The molecule has 2 aromatic carbocycles. The normalized spacial score (nSPS) is 16.6. The Labute approximate surface area is 162 Å². The van der Waals surface area contributed by atoms with Crippen LogP contribution in [0.4, 0.5) is 5.69 Å². The number of hydrogen-bond acceptors (Lipinski definition) is 5. The van der Waals surface area contributed by atoms with Crippen molar-refractivity contribution in [3.8, 4) is 5.75 Å². The van der Waals surface area contributed by atoms with Crippen molar-refractivity contribution in [2.75, 3.05) is 18.6 Å². The van der Waals surface area contributed by atoms with Crippen LogP contribution in [0.3, 0.4) is 0 Å². The first-order valence-electron chi connectivity index (χ1n) is 9.11. The third-order valence-electron chi connectivity index (χ3n) is 4.91. The Hall–Kier alpha value is -3.35. The van der Waals surface area contributed by atoms with Crippen LogP contribution in [0.5, 0.6) is 5.75 Å². The number of amides is 2. The molecule has 144 valence electrons. The summed E-state index contributed by atoms with van der Waals surface area (Å²) in [6, 6.07) is 13.0. The lowest BCUT2D eigenvalue weighted by Crippen LogP contribution is -2.32. The molecule has 1 aliphatic rings. The van der Waals surface area contributed by atoms with Gasteiger partial charge >= 0.3 is 0 Å². The SMILES string of the molecule is COc1ccc(CNC(=O)C2CC(=O)N(c3ccc4oc(C)nc4c3)C2)cc1. The Kier molecular flexibility index (Phi) is 4.73. The first kappa shape index (κ1) is 18.0. The van der Waals surface area contributed by atoms with Gasteiger partial charge in [-0.05, 0) is 35.9 Å². The van der Waals surface area contributed by atoms with Gasteiger partial charge in [0.25, 0.3) is 0 Å². The number of aryl methyl sites for hydroxylation is 1. The van der Waals surface area contributed by atoms with E-state index in [0.717, 1.165) is 17.0 Å². The molecule has 0 radical (unpaired) electrons. The van der Waals surface area contributed by atoms with Gasteiger partial charge in [-0.2, -0.15) is 0 Å². The molecule has 1 aromatic heterocycles. The molecule has 2 heterocycles. The first-order valence-corrected chi connectivity index (χ1v) is 9.11. The van der Waals surface area contributed by atoms with Crippen molar-refractivity contribution >= 4 is 28.6 Å². The zero-order valence-corrected chi connectivity index (χ0v) is 15.8. The summed E-state index contributed by atoms with van der Waals surface area (Å²) in [4.78, 5) is 30.9. The highest BCUT2D eigenvalue weighted by Gasteiger charge is 2.35. The fraction of sp³-hybridized carbons (Fsp3) is 0.286. The lowest BCUT2D eigenvalue weighted by Gasteiger charge is -2.16. The summed E-state index contributed by atoms with van der Waals surface area (Å²) < 4.78 is 10.6. The Balaban J connectivity index is 1.40. The molecule has 0 aliphatic carbocycles. The Morgan fingerprint density at radius 3 is 2.82 bits per heavy atom. The molecular formula is C21H21N3O4. The van der Waals surface area contributed by atoms with E-state index in [1.54, 1.807) is 25.0 Å². The van der Waals surface area contributed by atoms with Crippen molar-refractivity contribution in [1.82, 2.24) is 10.3 Å². The first-order chi connectivity index (χ1) is 13.5. The summed E-state index contributed by atoms with van der Waals surface area (Å²) in [5, 5.41) is 2.92. The monoisotopic (exact) mass is 379 g/mol. The van der Waals surface area contributed by atoms with Crippen molar-refractivity contribution in [3.63, 3.8) is 0 Å². The van der Waals surface area contributed by atoms with Gasteiger partial charge in [0.05, 0.1) is 13.0 Å². The molecular weight excluding hydrogens is 358 g/mol. The number of anilines is 1. The van der Waals surface area contributed by atoms with Crippen molar-refractivity contribution in [3.05, 3.63) is 53.9 Å². The molecule has 2 amide bonds. The maximum absolute atomic E-state index is 12.5. The number of benzene rings is 2. The Morgan fingerprint density at radius 2 is 2.07 bits per heavy atom. The molecule has 1 N–H and O–H groups in total. The maximum atomic E-state index is 12.5. The van der Waals surface area contributed by atoms with E-state index in [1.807, 2.05) is 36.4 Å². The van der Waals surface area contributed by atoms with Crippen LogP contribution >= 0.6 is 0 Å². The number of ether oxygens (including phenoxy) is 1. The number of fused-ring (bicyclic) bond motifs is 1. The van der Waals surface area contributed by atoms with Gasteiger partial charge in [0, 0.05) is 32.1 Å².